The van der Waals surface area contributed by atoms with Crippen molar-refractivity contribution in [3.8, 4) is 45.3 Å². The van der Waals surface area contributed by atoms with Crippen molar-refractivity contribution in [3.05, 3.63) is 120 Å². The molecule has 0 unspecified atom stereocenters. The van der Waals surface area contributed by atoms with Crippen LogP contribution >= 0.6 is 0 Å². The first-order chi connectivity index (χ1) is 28.4. The first-order valence-electron chi connectivity index (χ1n) is 19.8. The van der Waals surface area contributed by atoms with Gasteiger partial charge in [0.15, 0.2) is 23.0 Å². The predicted octanol–water partition coefficient (Wildman–Crippen LogP) is 8.29. The molecule has 1 saturated heterocycles. The normalized spacial score (nSPS) is 16.0. The number of nitrogens with zero attached hydrogens (tertiary/aromatic N) is 4. The molecule has 10 rings (SSSR count). The predicted molar refractivity (Wildman–Crippen MR) is 219 cm³/mol. The molecule has 2 N–H and O–H groups in total. The molecular weight excluding hydrogens is 733 g/mol. The van der Waals surface area contributed by atoms with Gasteiger partial charge in [0, 0.05) is 13.6 Å². The van der Waals surface area contributed by atoms with Crippen LogP contribution in [-0.2, 0) is 22.4 Å². The molecule has 5 aromatic carbocycles. The molecule has 12 nitrogen and oxygen atoms in total. The molecule has 5 heterocycles. The molecule has 12 heteroatoms. The third-order valence-electron chi connectivity index (χ3n) is 11.6. The molecule has 292 valence electrons. The van der Waals surface area contributed by atoms with Crippen molar-refractivity contribution in [2.75, 3.05) is 27.2 Å². The second kappa shape index (κ2) is 14.6. The van der Waals surface area contributed by atoms with E-state index in [1.54, 1.807) is 4.90 Å². The maximum Gasteiger partial charge on any atom is 0.231 e. The van der Waals surface area contributed by atoms with Crippen LogP contribution in [0.15, 0.2) is 97.1 Å². The Kier molecular flexibility index (Phi) is 8.96. The van der Waals surface area contributed by atoms with E-state index >= 15 is 0 Å². The fourth-order valence-corrected chi connectivity index (χ4v) is 8.44. The number of aromatic amines is 2. The lowest BCUT2D eigenvalue weighted by molar-refractivity contribution is -0.132. The van der Waals surface area contributed by atoms with Crippen molar-refractivity contribution in [1.82, 2.24) is 29.7 Å². The van der Waals surface area contributed by atoms with Crippen LogP contribution in [0.25, 0.3) is 44.3 Å². The van der Waals surface area contributed by atoms with E-state index in [1.807, 2.05) is 60.5 Å². The van der Waals surface area contributed by atoms with Gasteiger partial charge in [0.05, 0.1) is 47.0 Å². The number of H-pyrrole nitrogens is 2. The van der Waals surface area contributed by atoms with Crippen LogP contribution in [-0.4, -0.2) is 68.7 Å². The first-order valence-corrected chi connectivity index (χ1v) is 19.8. The number of carbonyl (C=O) groups is 2. The number of benzene rings is 5. The average Bonchev–Trinajstić information content (AvgIpc) is 4.10. The van der Waals surface area contributed by atoms with Crippen molar-refractivity contribution in [3.63, 3.8) is 0 Å². The second-order valence-electron chi connectivity index (χ2n) is 15.2. The minimum Gasteiger partial charge on any atom is -0.454 e. The van der Waals surface area contributed by atoms with Crippen molar-refractivity contribution >= 4 is 33.9 Å². The zero-order chi connectivity index (χ0) is 39.3. The fraction of sp³-hybridized carbons (Fsp3) is 0.261. The van der Waals surface area contributed by atoms with Crippen molar-refractivity contribution in [1.29, 1.82) is 0 Å². The molecule has 3 aliphatic rings. The Morgan fingerprint density at radius 2 is 1.28 bits per heavy atom. The maximum absolute atomic E-state index is 13.5. The van der Waals surface area contributed by atoms with E-state index in [-0.39, 0.29) is 43.9 Å². The van der Waals surface area contributed by atoms with Crippen LogP contribution in [0.2, 0.25) is 0 Å². The summed E-state index contributed by atoms with van der Waals surface area (Å²) in [6.45, 7) is 3.18. The summed E-state index contributed by atoms with van der Waals surface area (Å²) in [5.74, 6) is 4.44. The first kappa shape index (κ1) is 35.6. The molecular formula is C46H42N6O6. The van der Waals surface area contributed by atoms with Gasteiger partial charge in [-0.2, -0.15) is 0 Å². The highest BCUT2D eigenvalue weighted by Gasteiger charge is 2.32. The zero-order valence-electron chi connectivity index (χ0n) is 32.3. The molecule has 2 aromatic heterocycles. The molecule has 1 fully saturated rings. The zero-order valence-corrected chi connectivity index (χ0v) is 32.3. The molecule has 0 saturated carbocycles. The Hall–Kier alpha value is -6.82. The van der Waals surface area contributed by atoms with Gasteiger partial charge >= 0.3 is 0 Å². The minimum absolute atomic E-state index is 0.000849. The molecule has 0 aliphatic carbocycles. The van der Waals surface area contributed by atoms with Gasteiger partial charge in [0.1, 0.15) is 11.6 Å². The van der Waals surface area contributed by atoms with E-state index in [1.165, 1.54) is 0 Å². The molecule has 2 amide bonds. The molecule has 2 atom stereocenters. The summed E-state index contributed by atoms with van der Waals surface area (Å²) in [5.41, 5.74) is 9.70. The maximum atomic E-state index is 13.5. The van der Waals surface area contributed by atoms with E-state index < -0.39 is 0 Å². The van der Waals surface area contributed by atoms with Gasteiger partial charge in [0.25, 0.3) is 0 Å². The van der Waals surface area contributed by atoms with Gasteiger partial charge < -0.3 is 38.7 Å². The van der Waals surface area contributed by atoms with E-state index in [9.17, 15) is 9.59 Å². The summed E-state index contributed by atoms with van der Waals surface area (Å²) >= 11 is 0. The Morgan fingerprint density at radius 1 is 0.707 bits per heavy atom. The minimum atomic E-state index is -0.202. The molecule has 3 aliphatic heterocycles. The van der Waals surface area contributed by atoms with Crippen LogP contribution in [0.5, 0.6) is 23.0 Å². The number of hydrogen-bond acceptors (Lipinski definition) is 8. The topological polar surface area (TPSA) is 135 Å². The SMILES string of the molecule is CC[C@@H](c1nc2ccc(-c3ccc(-c4ccc5nc([C@@H]6CCCN6C(=O)Cc6ccc7c(c6)OCO7)[nH]c5c4)cc3)cc2[nH]1)N(C)C(=O)Cc1ccc2c(c1)OCO2. The van der Waals surface area contributed by atoms with Gasteiger partial charge in [0.2, 0.25) is 25.4 Å². The number of nitrogens with one attached hydrogen (secondary N) is 2. The summed E-state index contributed by atoms with van der Waals surface area (Å²) < 4.78 is 21.9. The van der Waals surface area contributed by atoms with E-state index in [2.05, 4.69) is 65.4 Å². The molecule has 7 aromatic rings. The number of hydrogen-bond donors (Lipinski definition) is 2. The summed E-state index contributed by atoms with van der Waals surface area (Å²) in [6, 6.07) is 32.1. The molecule has 0 spiro atoms. The average molecular weight is 775 g/mol. The highest BCUT2D eigenvalue weighted by Crippen LogP contribution is 2.37. The van der Waals surface area contributed by atoms with Gasteiger partial charge in [-0.05, 0) is 101 Å². The third kappa shape index (κ3) is 6.63. The summed E-state index contributed by atoms with van der Waals surface area (Å²) in [4.78, 5) is 47.5. The number of carbonyl (C=O) groups excluding carboxylic acids is 2. The number of likely N-dealkylation sites (N-methyl/N-ethyl adjacent to an activating group) is 1. The lowest BCUT2D eigenvalue weighted by atomic mass is 10.00. The summed E-state index contributed by atoms with van der Waals surface area (Å²) in [6.07, 6.45) is 3.07. The van der Waals surface area contributed by atoms with Gasteiger partial charge in [-0.1, -0.05) is 55.5 Å². The van der Waals surface area contributed by atoms with E-state index in [0.29, 0.717) is 42.4 Å². The fourth-order valence-electron chi connectivity index (χ4n) is 8.44. The lowest BCUT2D eigenvalue weighted by Crippen LogP contribution is -2.32. The second-order valence-corrected chi connectivity index (χ2v) is 15.2. The van der Waals surface area contributed by atoms with Crippen molar-refractivity contribution < 1.29 is 28.5 Å². The number of likely N-dealkylation sites (tertiary alicyclic amines) is 1. The number of ether oxygens (including phenoxy) is 4. The number of aromatic nitrogens is 4. The van der Waals surface area contributed by atoms with Crippen molar-refractivity contribution in [2.45, 2.75) is 51.1 Å². The van der Waals surface area contributed by atoms with Gasteiger partial charge in [-0.25, -0.2) is 9.97 Å². The van der Waals surface area contributed by atoms with Gasteiger partial charge in [-0.15, -0.1) is 0 Å². The number of amides is 2. The Bertz CT molecular complexity index is 2600. The highest BCUT2D eigenvalue weighted by atomic mass is 16.7. The molecule has 0 bridgehead atoms. The van der Waals surface area contributed by atoms with E-state index in [0.717, 1.165) is 79.9 Å². The van der Waals surface area contributed by atoms with E-state index in [4.69, 9.17) is 28.9 Å². The Labute approximate surface area is 334 Å². The molecule has 0 radical (unpaired) electrons. The Balaban J connectivity index is 0.820. The van der Waals surface area contributed by atoms with Crippen molar-refractivity contribution in [2.24, 2.45) is 0 Å². The van der Waals surface area contributed by atoms with Crippen LogP contribution in [0.3, 0.4) is 0 Å². The van der Waals surface area contributed by atoms with Crippen LogP contribution in [0.1, 0.15) is 61.0 Å². The van der Waals surface area contributed by atoms with Crippen LogP contribution in [0, 0.1) is 0 Å². The number of fused-ring (bicyclic) bond motifs is 4. The van der Waals surface area contributed by atoms with Gasteiger partial charge in [-0.3, -0.25) is 9.59 Å². The van der Waals surface area contributed by atoms with Crippen LogP contribution < -0.4 is 18.9 Å². The highest BCUT2D eigenvalue weighted by molar-refractivity contribution is 5.85. The number of rotatable bonds is 10. The smallest absolute Gasteiger partial charge is 0.231 e. The quantitative estimate of drug-likeness (QED) is 0.142. The summed E-state index contributed by atoms with van der Waals surface area (Å²) in [7, 11) is 1.84. The monoisotopic (exact) mass is 774 g/mol. The third-order valence-corrected chi connectivity index (χ3v) is 11.6. The Morgan fingerprint density at radius 3 is 1.91 bits per heavy atom. The summed E-state index contributed by atoms with van der Waals surface area (Å²) in [5, 5.41) is 0. The lowest BCUT2D eigenvalue weighted by Gasteiger charge is -2.26. The van der Waals surface area contributed by atoms with Crippen LogP contribution in [0.4, 0.5) is 0 Å². The largest absolute Gasteiger partial charge is 0.454 e. The number of imidazole rings is 2. The molecule has 58 heavy (non-hydrogen) atoms. The standard InChI is InChI=1S/C46H42N6O6/c1-3-37(51(2)43(53)21-27-6-16-39-41(19-27)57-25-55-39)45-47-33-14-12-31(23-35(33)49-45)29-8-10-30(11-9-29)32-13-15-34-36(24-32)50-46(48-34)38-5-4-18-52(38)44(54)22-28-7-17-40-42(20-28)58-26-56-40/h6-17,19-20,23-24,37-38H,3-5,18,21-22,25-26H2,1-2H3,(H,47,49)(H,48,50)/t37-,38-/m0/s1.